The summed E-state index contributed by atoms with van der Waals surface area (Å²) >= 11 is 0. The molecule has 0 aliphatic carbocycles. The largest absolute Gasteiger partial charge is 0.478 e. The number of fused-ring (bicyclic) bond motifs is 1. The molecule has 0 aromatic heterocycles. The highest BCUT2D eigenvalue weighted by Crippen LogP contribution is 2.30. The summed E-state index contributed by atoms with van der Waals surface area (Å²) in [5, 5.41) is 8.92. The van der Waals surface area contributed by atoms with Crippen molar-refractivity contribution in [3.63, 3.8) is 0 Å². The number of nitrogens with zero attached hydrogens (tertiary/aromatic N) is 1. The average Bonchev–Trinajstić information content (AvgIpc) is 2.64. The summed E-state index contributed by atoms with van der Waals surface area (Å²) in [7, 11) is 0. The number of anilines is 1. The lowest BCUT2D eigenvalue weighted by molar-refractivity contribution is -0.117. The van der Waals surface area contributed by atoms with E-state index in [9.17, 15) is 9.59 Å². The normalized spacial score (nSPS) is 13.6. The number of aromatic carboxylic acids is 1. The van der Waals surface area contributed by atoms with Gasteiger partial charge in [0.2, 0.25) is 5.91 Å². The molecule has 0 spiro atoms. The van der Waals surface area contributed by atoms with Crippen LogP contribution in [-0.4, -0.2) is 23.5 Å². The van der Waals surface area contributed by atoms with Gasteiger partial charge in [-0.1, -0.05) is 19.1 Å². The predicted octanol–water partition coefficient (Wildman–Crippen LogP) is 2.24. The number of rotatable bonds is 4. The topological polar surface area (TPSA) is 57.6 Å². The zero-order valence-corrected chi connectivity index (χ0v) is 10.3. The minimum atomic E-state index is -0.971. The van der Waals surface area contributed by atoms with Crippen molar-refractivity contribution in [2.24, 2.45) is 0 Å². The lowest BCUT2D eigenvalue weighted by Crippen LogP contribution is -2.28. The van der Waals surface area contributed by atoms with Crippen molar-refractivity contribution in [2.75, 3.05) is 11.4 Å². The van der Waals surface area contributed by atoms with Crippen molar-refractivity contribution in [2.45, 2.75) is 19.8 Å². The van der Waals surface area contributed by atoms with Gasteiger partial charge in [-0.2, -0.15) is 0 Å². The maximum atomic E-state index is 11.9. The van der Waals surface area contributed by atoms with E-state index in [-0.39, 0.29) is 17.9 Å². The summed E-state index contributed by atoms with van der Waals surface area (Å²) in [4.78, 5) is 24.4. The van der Waals surface area contributed by atoms with E-state index in [1.54, 1.807) is 17.0 Å². The van der Waals surface area contributed by atoms with Crippen molar-refractivity contribution < 1.29 is 14.7 Å². The summed E-state index contributed by atoms with van der Waals surface area (Å²) in [6.07, 6.45) is 1.10. The molecule has 4 nitrogen and oxygen atoms in total. The van der Waals surface area contributed by atoms with Gasteiger partial charge in [-0.15, -0.1) is 0 Å². The van der Waals surface area contributed by atoms with Crippen LogP contribution in [0.5, 0.6) is 0 Å². The Morgan fingerprint density at radius 3 is 2.83 bits per heavy atom. The van der Waals surface area contributed by atoms with Gasteiger partial charge >= 0.3 is 5.97 Å². The molecule has 0 saturated carbocycles. The minimum Gasteiger partial charge on any atom is -0.478 e. The van der Waals surface area contributed by atoms with E-state index < -0.39 is 5.97 Å². The Kier molecular flexibility index (Phi) is 3.19. The van der Waals surface area contributed by atoms with E-state index in [1.165, 1.54) is 6.07 Å². The molecule has 0 saturated heterocycles. The molecule has 2 rings (SSSR count). The second-order valence-electron chi connectivity index (χ2n) is 4.41. The molecule has 1 amide bonds. The predicted molar refractivity (Wildman–Crippen MR) is 68.9 cm³/mol. The molecule has 1 aliphatic heterocycles. The van der Waals surface area contributed by atoms with E-state index in [0.717, 1.165) is 23.2 Å². The number of carbonyl (C=O) groups excluding carboxylic acids is 1. The Morgan fingerprint density at radius 1 is 1.50 bits per heavy atom. The molecule has 0 atom stereocenters. The Morgan fingerprint density at radius 2 is 2.22 bits per heavy atom. The summed E-state index contributed by atoms with van der Waals surface area (Å²) in [5.74, 6) is -0.969. The quantitative estimate of drug-likeness (QED) is 0.828. The van der Waals surface area contributed by atoms with Crippen molar-refractivity contribution in [3.8, 4) is 0 Å². The second kappa shape index (κ2) is 4.64. The fourth-order valence-corrected chi connectivity index (χ4v) is 2.02. The van der Waals surface area contributed by atoms with E-state index in [1.807, 2.05) is 6.92 Å². The molecule has 94 valence electrons. The van der Waals surface area contributed by atoms with Crippen LogP contribution in [-0.2, 0) is 11.2 Å². The van der Waals surface area contributed by atoms with Gasteiger partial charge in [-0.25, -0.2) is 4.79 Å². The van der Waals surface area contributed by atoms with Crippen LogP contribution in [0, 0.1) is 0 Å². The molecule has 1 aromatic carbocycles. The highest BCUT2D eigenvalue weighted by atomic mass is 16.4. The monoisotopic (exact) mass is 245 g/mol. The zero-order valence-electron chi connectivity index (χ0n) is 10.3. The van der Waals surface area contributed by atoms with E-state index in [4.69, 9.17) is 5.11 Å². The van der Waals surface area contributed by atoms with Crippen molar-refractivity contribution >= 4 is 17.6 Å². The summed E-state index contributed by atoms with van der Waals surface area (Å²) < 4.78 is 0. The zero-order chi connectivity index (χ0) is 13.3. The molecule has 0 bridgehead atoms. The smallest absolute Gasteiger partial charge is 0.335 e. The molecular weight excluding hydrogens is 230 g/mol. The van der Waals surface area contributed by atoms with Gasteiger partial charge in [0.15, 0.2) is 0 Å². The number of carboxylic acid groups (broad SMARTS) is 1. The first-order valence-corrected chi connectivity index (χ1v) is 5.86. The number of carbonyl (C=O) groups is 2. The Balaban J connectivity index is 2.32. The average molecular weight is 245 g/mol. The van der Waals surface area contributed by atoms with Gasteiger partial charge in [0.25, 0.3) is 0 Å². The Bertz CT molecular complexity index is 534. The maximum Gasteiger partial charge on any atom is 0.335 e. The Labute approximate surface area is 106 Å². The van der Waals surface area contributed by atoms with Crippen LogP contribution in [0.4, 0.5) is 5.69 Å². The lowest BCUT2D eigenvalue weighted by Gasteiger charge is -2.18. The number of hydrogen-bond acceptors (Lipinski definition) is 2. The van der Waals surface area contributed by atoms with Gasteiger partial charge in [-0.05, 0) is 30.2 Å². The van der Waals surface area contributed by atoms with Crippen LogP contribution in [0.2, 0.25) is 0 Å². The first-order valence-electron chi connectivity index (χ1n) is 5.86. The molecule has 0 unspecified atom stereocenters. The molecule has 1 N–H and O–H groups in total. The SMILES string of the molecule is C=C(CC)CN1C(=O)Cc2cc(C(=O)O)ccc21. The molecule has 1 aliphatic rings. The summed E-state index contributed by atoms with van der Waals surface area (Å²) in [6, 6.07) is 4.80. The molecule has 1 aromatic rings. The van der Waals surface area contributed by atoms with Crippen LogP contribution in [0.25, 0.3) is 0 Å². The second-order valence-corrected chi connectivity index (χ2v) is 4.41. The standard InChI is InChI=1S/C14H15NO3/c1-3-9(2)8-15-12-5-4-10(14(17)18)6-11(12)7-13(15)16/h4-6H,2-3,7-8H2,1H3,(H,17,18). The van der Waals surface area contributed by atoms with Gasteiger partial charge in [0.05, 0.1) is 12.0 Å². The Hall–Kier alpha value is -2.10. The number of carboxylic acids is 1. The van der Waals surface area contributed by atoms with Gasteiger partial charge < -0.3 is 10.0 Å². The number of amides is 1. The van der Waals surface area contributed by atoms with Crippen LogP contribution in [0.1, 0.15) is 29.3 Å². The van der Waals surface area contributed by atoms with Crippen molar-refractivity contribution in [1.29, 1.82) is 0 Å². The van der Waals surface area contributed by atoms with E-state index in [0.29, 0.717) is 6.54 Å². The third-order valence-corrected chi connectivity index (χ3v) is 3.14. The third-order valence-electron chi connectivity index (χ3n) is 3.14. The lowest BCUT2D eigenvalue weighted by atomic mass is 10.1. The fourth-order valence-electron chi connectivity index (χ4n) is 2.02. The van der Waals surface area contributed by atoms with E-state index >= 15 is 0 Å². The first-order chi connectivity index (χ1) is 8.52. The maximum absolute atomic E-state index is 11.9. The molecule has 18 heavy (non-hydrogen) atoms. The van der Waals surface area contributed by atoms with Crippen LogP contribution >= 0.6 is 0 Å². The number of benzene rings is 1. The minimum absolute atomic E-state index is 0.00198. The summed E-state index contributed by atoms with van der Waals surface area (Å²) in [6.45, 7) is 6.41. The fraction of sp³-hybridized carbons (Fsp3) is 0.286. The van der Waals surface area contributed by atoms with Gasteiger partial charge in [0.1, 0.15) is 0 Å². The third kappa shape index (κ3) is 2.14. The number of hydrogen-bond donors (Lipinski definition) is 1. The molecule has 0 radical (unpaired) electrons. The first kappa shape index (κ1) is 12.4. The van der Waals surface area contributed by atoms with Crippen LogP contribution in [0.15, 0.2) is 30.4 Å². The highest BCUT2D eigenvalue weighted by Gasteiger charge is 2.27. The molecule has 0 fully saturated rings. The van der Waals surface area contributed by atoms with Crippen molar-refractivity contribution in [3.05, 3.63) is 41.5 Å². The van der Waals surface area contributed by atoms with Crippen molar-refractivity contribution in [1.82, 2.24) is 0 Å². The van der Waals surface area contributed by atoms with Gasteiger partial charge in [-0.3, -0.25) is 4.79 Å². The van der Waals surface area contributed by atoms with Crippen LogP contribution < -0.4 is 4.90 Å². The van der Waals surface area contributed by atoms with Gasteiger partial charge in [0, 0.05) is 12.2 Å². The van der Waals surface area contributed by atoms with E-state index in [2.05, 4.69) is 6.58 Å². The summed E-state index contributed by atoms with van der Waals surface area (Å²) in [5.41, 5.74) is 2.79. The molecule has 4 heteroatoms. The van der Waals surface area contributed by atoms with Crippen LogP contribution in [0.3, 0.4) is 0 Å². The molecular formula is C14H15NO3. The molecule has 1 heterocycles. The highest BCUT2D eigenvalue weighted by molar-refractivity contribution is 6.02.